The van der Waals surface area contributed by atoms with Crippen LogP contribution >= 0.6 is 31.9 Å². The van der Waals surface area contributed by atoms with Crippen LogP contribution in [0.15, 0.2) is 57.5 Å². The van der Waals surface area contributed by atoms with Crippen molar-refractivity contribution >= 4 is 85.7 Å². The molecule has 0 aliphatic rings. The summed E-state index contributed by atoms with van der Waals surface area (Å²) in [5.74, 6) is 3.78. The Kier molecular flexibility index (Phi) is 22.6. The van der Waals surface area contributed by atoms with E-state index < -0.39 is 0 Å². The van der Waals surface area contributed by atoms with Crippen LogP contribution in [-0.4, -0.2) is 107 Å². The maximum absolute atomic E-state index is 6.77. The summed E-state index contributed by atoms with van der Waals surface area (Å²) in [6.45, 7) is 14.4. The minimum absolute atomic E-state index is 0.0205. The first-order chi connectivity index (χ1) is 33.4. The van der Waals surface area contributed by atoms with Gasteiger partial charge < -0.3 is 56.8 Å². The first-order valence-corrected chi connectivity index (χ1v) is 25.8. The van der Waals surface area contributed by atoms with Crippen molar-refractivity contribution in [3.63, 3.8) is 0 Å². The molecular formula is C54H70Br2O12. The topological polar surface area (TPSA) is 111 Å². The number of rotatable bonds is 34. The Bertz CT molecular complexity index is 2350. The van der Waals surface area contributed by atoms with E-state index in [1.54, 1.807) is 14.2 Å². The first-order valence-electron chi connectivity index (χ1n) is 24.2. The second-order valence-corrected chi connectivity index (χ2v) is 18.1. The highest BCUT2D eigenvalue weighted by Gasteiger charge is 2.26. The van der Waals surface area contributed by atoms with Gasteiger partial charge >= 0.3 is 0 Å². The lowest BCUT2D eigenvalue weighted by atomic mass is 9.89. The summed E-state index contributed by atoms with van der Waals surface area (Å²) >= 11 is 7.69. The second-order valence-electron chi connectivity index (χ2n) is 16.4. The number of hydrogen-bond acceptors (Lipinski definition) is 12. The minimum atomic E-state index is 0.0205. The summed E-state index contributed by atoms with van der Waals surface area (Å²) in [6, 6.07) is 16.5. The molecule has 0 spiro atoms. The normalized spacial score (nSPS) is 11.7. The molecule has 0 unspecified atom stereocenters. The molecule has 372 valence electrons. The highest BCUT2D eigenvalue weighted by atomic mass is 79.9. The molecule has 0 N–H and O–H groups in total. The van der Waals surface area contributed by atoms with Gasteiger partial charge in [0.1, 0.15) is 60.9 Å². The Morgan fingerprint density at radius 3 is 1.04 bits per heavy atom. The molecule has 0 amide bonds. The highest BCUT2D eigenvalue weighted by Crippen LogP contribution is 2.53. The Balaban J connectivity index is 1.74. The van der Waals surface area contributed by atoms with Crippen molar-refractivity contribution in [2.75, 3.05) is 107 Å². The van der Waals surface area contributed by atoms with Crippen molar-refractivity contribution < 1.29 is 56.8 Å². The molecule has 14 heteroatoms. The van der Waals surface area contributed by atoms with Crippen LogP contribution in [0.3, 0.4) is 0 Å². The SMILES string of the molecule is CCCCOCCOc1cc2c(OCOC)c(Br)cc(OCCOCCCC)c2c2c1ccc1ccc3c(OCCOCCCC)cc4c(OCOC)c(Br)cc(OCCOCCCC)c4c3c12. The Morgan fingerprint density at radius 1 is 0.353 bits per heavy atom. The second kappa shape index (κ2) is 28.7. The number of ether oxygens (including phenoxy) is 12. The lowest BCUT2D eigenvalue weighted by Gasteiger charge is -2.22. The van der Waals surface area contributed by atoms with Gasteiger partial charge in [-0.15, -0.1) is 0 Å². The number of halogens is 2. The third-order valence-electron chi connectivity index (χ3n) is 11.4. The van der Waals surface area contributed by atoms with E-state index >= 15 is 0 Å². The fraction of sp³-hybridized carbons (Fsp3) is 0.519. The van der Waals surface area contributed by atoms with Crippen LogP contribution in [0.5, 0.6) is 34.5 Å². The predicted octanol–water partition coefficient (Wildman–Crippen LogP) is 13.7. The summed E-state index contributed by atoms with van der Waals surface area (Å²) in [5, 5.41) is 8.63. The van der Waals surface area contributed by atoms with Crippen LogP contribution < -0.4 is 28.4 Å². The van der Waals surface area contributed by atoms with Gasteiger partial charge in [0.15, 0.2) is 13.6 Å². The lowest BCUT2D eigenvalue weighted by molar-refractivity contribution is 0.0515. The number of benzene rings is 6. The van der Waals surface area contributed by atoms with Crippen molar-refractivity contribution in [3.05, 3.63) is 57.5 Å². The molecule has 6 aromatic carbocycles. The molecule has 12 nitrogen and oxygen atoms in total. The number of unbranched alkanes of at least 4 members (excludes halogenated alkanes) is 4. The minimum Gasteiger partial charge on any atom is -0.491 e. The van der Waals surface area contributed by atoms with Gasteiger partial charge in [-0.1, -0.05) is 65.5 Å². The average molecular weight is 1070 g/mol. The zero-order valence-electron chi connectivity index (χ0n) is 40.8. The van der Waals surface area contributed by atoms with Crippen LogP contribution in [0, 0.1) is 0 Å². The zero-order valence-corrected chi connectivity index (χ0v) is 44.0. The Hall–Kier alpha value is -3.86. The molecule has 0 heterocycles. The monoisotopic (exact) mass is 1070 g/mol. The summed E-state index contributed by atoms with van der Waals surface area (Å²) in [6.07, 6.45) is 8.13. The van der Waals surface area contributed by atoms with Crippen LogP contribution in [-0.2, 0) is 28.4 Å². The molecule has 6 rings (SSSR count). The van der Waals surface area contributed by atoms with E-state index in [1.807, 2.05) is 24.3 Å². The maximum atomic E-state index is 6.77. The molecule has 0 aliphatic heterocycles. The molecule has 6 aromatic rings. The van der Waals surface area contributed by atoms with Crippen molar-refractivity contribution in [2.45, 2.75) is 79.1 Å². The van der Waals surface area contributed by atoms with Crippen LogP contribution in [0.1, 0.15) is 79.1 Å². The summed E-state index contributed by atoms with van der Waals surface area (Å²) in [5.41, 5.74) is 0. The standard InChI is InChI=1S/C54H70Br2O12/c1-7-11-19-59-23-27-63-44-31-40-49(46(65-29-25-61-21-13-9-3)33-42(55)53(40)67-35-57-5)51-38(44)17-15-37-16-18-39-45(64-28-24-60-20-12-8-2)32-41-50(52(39)48(37)51)47(66-30-26-62-22-14-10-4)34-43(56)54(41)68-36-58-6/h15-18,31-34H,7-14,19-30,35-36H2,1-6H3. The van der Waals surface area contributed by atoms with Crippen molar-refractivity contribution in [1.29, 1.82) is 0 Å². The van der Waals surface area contributed by atoms with E-state index in [-0.39, 0.29) is 13.6 Å². The van der Waals surface area contributed by atoms with Crippen molar-refractivity contribution in [1.82, 2.24) is 0 Å². The van der Waals surface area contributed by atoms with E-state index in [4.69, 9.17) is 56.8 Å². The van der Waals surface area contributed by atoms with Crippen LogP contribution in [0.25, 0.3) is 53.9 Å². The third kappa shape index (κ3) is 13.7. The van der Waals surface area contributed by atoms with E-state index in [9.17, 15) is 0 Å². The summed E-state index contributed by atoms with van der Waals surface area (Å²) in [7, 11) is 3.21. The van der Waals surface area contributed by atoms with E-state index in [0.29, 0.717) is 123 Å². The summed E-state index contributed by atoms with van der Waals surface area (Å²) < 4.78 is 76.1. The highest BCUT2D eigenvalue weighted by molar-refractivity contribution is 9.11. The molecule has 0 saturated heterocycles. The van der Waals surface area contributed by atoms with Gasteiger partial charge in [0, 0.05) is 83.7 Å². The fourth-order valence-electron chi connectivity index (χ4n) is 8.04. The van der Waals surface area contributed by atoms with Gasteiger partial charge in [-0.3, -0.25) is 0 Å². The van der Waals surface area contributed by atoms with Gasteiger partial charge in [-0.25, -0.2) is 0 Å². The molecule has 0 bridgehead atoms. The molecule has 0 radical (unpaired) electrons. The van der Waals surface area contributed by atoms with Gasteiger partial charge in [0.05, 0.1) is 35.4 Å². The number of hydrogen-bond donors (Lipinski definition) is 0. The molecule has 0 aliphatic carbocycles. The third-order valence-corrected chi connectivity index (χ3v) is 12.6. The van der Waals surface area contributed by atoms with E-state index in [2.05, 4.69) is 83.8 Å². The van der Waals surface area contributed by atoms with Crippen LogP contribution in [0.4, 0.5) is 0 Å². The van der Waals surface area contributed by atoms with Gasteiger partial charge in [-0.2, -0.15) is 0 Å². The van der Waals surface area contributed by atoms with Crippen LogP contribution in [0.2, 0.25) is 0 Å². The van der Waals surface area contributed by atoms with Crippen molar-refractivity contribution in [3.8, 4) is 34.5 Å². The van der Waals surface area contributed by atoms with E-state index in [1.165, 1.54) is 0 Å². The zero-order chi connectivity index (χ0) is 48.1. The molecule has 0 fully saturated rings. The van der Waals surface area contributed by atoms with Gasteiger partial charge in [0.2, 0.25) is 0 Å². The molecule has 68 heavy (non-hydrogen) atoms. The molecule has 0 atom stereocenters. The Morgan fingerprint density at radius 2 is 0.706 bits per heavy atom. The smallest absolute Gasteiger partial charge is 0.188 e. The number of fused-ring (bicyclic) bond motifs is 9. The fourth-order valence-corrected chi connectivity index (χ4v) is 9.12. The maximum Gasteiger partial charge on any atom is 0.188 e. The van der Waals surface area contributed by atoms with Gasteiger partial charge in [0.25, 0.3) is 0 Å². The molecular weight excluding hydrogens is 1000 g/mol. The van der Waals surface area contributed by atoms with Crippen molar-refractivity contribution in [2.24, 2.45) is 0 Å². The quantitative estimate of drug-likeness (QED) is 0.0218. The summed E-state index contributed by atoms with van der Waals surface area (Å²) in [4.78, 5) is 0. The molecule has 0 saturated carbocycles. The predicted molar refractivity (Wildman–Crippen MR) is 279 cm³/mol. The Labute approximate surface area is 418 Å². The average Bonchev–Trinajstić information content (AvgIpc) is 3.34. The van der Waals surface area contributed by atoms with Gasteiger partial charge in [-0.05, 0) is 105 Å². The van der Waals surface area contributed by atoms with E-state index in [0.717, 1.165) is 105 Å². The number of methoxy groups -OCH3 is 2. The largest absolute Gasteiger partial charge is 0.491 e. The molecule has 0 aromatic heterocycles. The lowest BCUT2D eigenvalue weighted by Crippen LogP contribution is -2.10. The first kappa shape index (κ1) is 53.5.